The van der Waals surface area contributed by atoms with Gasteiger partial charge in [0, 0.05) is 68.0 Å². The number of aliphatic hydroxyl groups excluding tert-OH is 1. The Labute approximate surface area is 278 Å². The minimum absolute atomic E-state index is 0.204. The molecule has 7 rings (SSSR count). The summed E-state index contributed by atoms with van der Waals surface area (Å²) in [4.78, 5) is 16.6. The first-order valence-corrected chi connectivity index (χ1v) is 17.3. The lowest BCUT2D eigenvalue weighted by Gasteiger charge is -2.28. The second-order valence-electron chi connectivity index (χ2n) is 13.3. The van der Waals surface area contributed by atoms with Crippen molar-refractivity contribution in [1.29, 1.82) is 0 Å². The van der Waals surface area contributed by atoms with E-state index in [-0.39, 0.29) is 12.1 Å². The number of nitrogens with one attached hydrogen (secondary N) is 3. The largest absolute Gasteiger partial charge is 0.393 e. The summed E-state index contributed by atoms with van der Waals surface area (Å²) >= 11 is 0. The molecule has 1 saturated heterocycles. The average molecular weight is 628 g/mol. The van der Waals surface area contributed by atoms with Crippen LogP contribution in [0.2, 0.25) is 0 Å². The smallest absolute Gasteiger partial charge is 0.229 e. The van der Waals surface area contributed by atoms with Crippen LogP contribution in [-0.2, 0) is 13.0 Å². The highest BCUT2D eigenvalue weighted by molar-refractivity contribution is 5.76. The van der Waals surface area contributed by atoms with Crippen molar-refractivity contribution in [2.24, 2.45) is 5.92 Å². The average Bonchev–Trinajstić information content (AvgIpc) is 3.94. The van der Waals surface area contributed by atoms with Crippen LogP contribution in [-0.4, -0.2) is 63.3 Å². The number of benzene rings is 2. The Morgan fingerprint density at radius 1 is 0.851 bits per heavy atom. The summed E-state index contributed by atoms with van der Waals surface area (Å²) in [5.41, 5.74) is 7.34. The van der Waals surface area contributed by atoms with Crippen LogP contribution >= 0.6 is 0 Å². The van der Waals surface area contributed by atoms with E-state index in [1.54, 1.807) is 0 Å². The maximum absolute atomic E-state index is 10.1. The second kappa shape index (κ2) is 15.1. The number of nitrogens with zero attached hydrogens (tertiary/aromatic N) is 4. The highest BCUT2D eigenvalue weighted by Gasteiger charge is 2.22. The molecule has 0 spiro atoms. The van der Waals surface area contributed by atoms with E-state index >= 15 is 0 Å². The van der Waals surface area contributed by atoms with Gasteiger partial charge in [0.2, 0.25) is 5.95 Å². The second-order valence-corrected chi connectivity index (χ2v) is 13.3. The third kappa shape index (κ3) is 8.95. The predicted octanol–water partition coefficient (Wildman–Crippen LogP) is 6.15. The fraction of sp³-hybridized carbons (Fsp3) is 0.410. The van der Waals surface area contributed by atoms with E-state index in [1.165, 1.54) is 30.4 Å². The van der Waals surface area contributed by atoms with Gasteiger partial charge < -0.3 is 21.1 Å². The van der Waals surface area contributed by atoms with Gasteiger partial charge >= 0.3 is 0 Å². The summed E-state index contributed by atoms with van der Waals surface area (Å²) in [5, 5.41) is 20.6. The molecule has 8 heteroatoms. The number of aliphatic hydroxyl groups is 1. The lowest BCUT2D eigenvalue weighted by molar-refractivity contribution is 0.126. The lowest BCUT2D eigenvalue weighted by atomic mass is 9.93. The van der Waals surface area contributed by atoms with Crippen molar-refractivity contribution in [3.63, 3.8) is 0 Å². The number of aryl methyl sites for hydroxylation is 1. The molecule has 3 fully saturated rings. The monoisotopic (exact) mass is 627 g/mol. The number of aromatic nitrogens is 3. The summed E-state index contributed by atoms with van der Waals surface area (Å²) in [6.07, 6.45) is 12.2. The fourth-order valence-electron chi connectivity index (χ4n) is 6.47. The first-order valence-electron chi connectivity index (χ1n) is 17.3. The van der Waals surface area contributed by atoms with Crippen LogP contribution in [0.25, 0.3) is 11.1 Å². The number of anilines is 3. The zero-order valence-electron chi connectivity index (χ0n) is 27.1. The first kappa shape index (κ1) is 31.3. The van der Waals surface area contributed by atoms with E-state index in [0.29, 0.717) is 5.95 Å². The van der Waals surface area contributed by atoms with Crippen molar-refractivity contribution < 1.29 is 5.11 Å². The molecular formula is C39H45N7O. The molecule has 4 N–H and O–H groups in total. The molecule has 1 aliphatic heterocycles. The van der Waals surface area contributed by atoms with Gasteiger partial charge in [0.25, 0.3) is 0 Å². The highest BCUT2D eigenvalue weighted by Crippen LogP contribution is 2.33. The molecule has 8 nitrogen and oxygen atoms in total. The van der Waals surface area contributed by atoms with Crippen molar-refractivity contribution >= 4 is 17.5 Å². The lowest BCUT2D eigenvalue weighted by Crippen LogP contribution is -2.42. The minimum Gasteiger partial charge on any atom is -0.393 e. The molecule has 2 saturated carbocycles. The molecular weight excluding hydrogens is 582 g/mol. The van der Waals surface area contributed by atoms with Gasteiger partial charge in [-0.25, -0.2) is 9.97 Å². The topological polar surface area (TPSA) is 98.2 Å². The zero-order chi connectivity index (χ0) is 31.8. The van der Waals surface area contributed by atoms with Crippen LogP contribution in [0.5, 0.6) is 0 Å². The van der Waals surface area contributed by atoms with Gasteiger partial charge in [-0.05, 0) is 103 Å². The first-order chi connectivity index (χ1) is 23.1. The normalized spacial score (nSPS) is 19.9. The SMILES string of the molecule is OC1CCC(Nc2nc(Nc3ccc(C#Cc4cc(CCC5CC5)ccn4)cc3)ncc2-c2ccc(CN3CCNCC3)cc2)CC1. The van der Waals surface area contributed by atoms with E-state index in [0.717, 1.165) is 105 Å². The molecule has 47 heavy (non-hydrogen) atoms. The summed E-state index contributed by atoms with van der Waals surface area (Å²) in [5.74, 6) is 8.77. The molecule has 242 valence electrons. The molecule has 0 unspecified atom stereocenters. The van der Waals surface area contributed by atoms with Crippen LogP contribution in [0.3, 0.4) is 0 Å². The summed E-state index contributed by atoms with van der Waals surface area (Å²) in [6.45, 7) is 5.22. The van der Waals surface area contributed by atoms with Crippen molar-refractivity contribution in [1.82, 2.24) is 25.2 Å². The summed E-state index contributed by atoms with van der Waals surface area (Å²) in [6, 6.07) is 21.3. The van der Waals surface area contributed by atoms with Crippen molar-refractivity contribution in [2.75, 3.05) is 36.8 Å². The Kier molecular flexibility index (Phi) is 10.0. The molecule has 0 atom stereocenters. The van der Waals surface area contributed by atoms with Crippen molar-refractivity contribution in [3.05, 3.63) is 95.4 Å². The van der Waals surface area contributed by atoms with E-state index < -0.39 is 0 Å². The summed E-state index contributed by atoms with van der Waals surface area (Å²) < 4.78 is 0. The summed E-state index contributed by atoms with van der Waals surface area (Å²) in [7, 11) is 0. The molecule has 2 aliphatic carbocycles. The third-order valence-electron chi connectivity index (χ3n) is 9.55. The fourth-order valence-corrected chi connectivity index (χ4v) is 6.47. The van der Waals surface area contributed by atoms with Gasteiger partial charge in [-0.1, -0.05) is 43.0 Å². The maximum Gasteiger partial charge on any atom is 0.229 e. The van der Waals surface area contributed by atoms with Crippen LogP contribution in [0.4, 0.5) is 17.5 Å². The van der Waals surface area contributed by atoms with Crippen LogP contribution in [0.15, 0.2) is 73.1 Å². The van der Waals surface area contributed by atoms with Gasteiger partial charge in [-0.3, -0.25) is 4.90 Å². The Morgan fingerprint density at radius 3 is 2.40 bits per heavy atom. The molecule has 0 radical (unpaired) electrons. The van der Waals surface area contributed by atoms with Crippen molar-refractivity contribution in [3.8, 4) is 23.0 Å². The van der Waals surface area contributed by atoms with Crippen LogP contribution in [0.1, 0.15) is 67.3 Å². The number of piperazine rings is 1. The third-order valence-corrected chi connectivity index (χ3v) is 9.55. The quantitative estimate of drug-likeness (QED) is 0.156. The molecule has 2 aromatic carbocycles. The van der Waals surface area contributed by atoms with E-state index in [4.69, 9.17) is 9.97 Å². The predicted molar refractivity (Wildman–Crippen MR) is 188 cm³/mol. The van der Waals surface area contributed by atoms with E-state index in [2.05, 4.69) is 74.1 Å². The van der Waals surface area contributed by atoms with Crippen molar-refractivity contribution in [2.45, 2.75) is 70.1 Å². The number of hydrogen-bond acceptors (Lipinski definition) is 8. The van der Waals surface area contributed by atoms with Gasteiger partial charge in [0.15, 0.2) is 0 Å². The van der Waals surface area contributed by atoms with Crippen LogP contribution in [0, 0.1) is 17.8 Å². The Balaban J connectivity index is 1.04. The highest BCUT2D eigenvalue weighted by atomic mass is 16.3. The van der Waals surface area contributed by atoms with E-state index in [1.807, 2.05) is 36.7 Å². The number of rotatable bonds is 10. The van der Waals surface area contributed by atoms with Gasteiger partial charge in [0.1, 0.15) is 11.5 Å². The standard InChI is InChI=1S/C39H45N7O/c47-36-17-15-33(16-18-36)43-38-37(32-10-5-31(6-11-32)27-46-23-21-40-22-24-46)26-42-39(45-38)44-34-12-7-29(8-13-34)9-14-35-25-30(19-20-41-35)4-3-28-1-2-28/h5-8,10-13,19-20,25-26,28,33,36,40,47H,1-4,15-18,21-24,27H2,(H2,42,43,44,45). The maximum atomic E-state index is 10.1. The number of pyridine rings is 1. The zero-order valence-corrected chi connectivity index (χ0v) is 27.1. The minimum atomic E-state index is -0.204. The molecule has 3 aliphatic rings. The Hall–Kier alpha value is -4.29. The molecule has 0 amide bonds. The molecule has 0 bridgehead atoms. The Bertz CT molecular complexity index is 1680. The number of hydrogen-bond donors (Lipinski definition) is 4. The van der Waals surface area contributed by atoms with Gasteiger partial charge in [-0.15, -0.1) is 0 Å². The van der Waals surface area contributed by atoms with Gasteiger partial charge in [-0.2, -0.15) is 4.98 Å². The van der Waals surface area contributed by atoms with Gasteiger partial charge in [0.05, 0.1) is 6.10 Å². The molecule has 3 heterocycles. The van der Waals surface area contributed by atoms with E-state index in [9.17, 15) is 5.11 Å². The van der Waals surface area contributed by atoms with Crippen LogP contribution < -0.4 is 16.0 Å². The molecule has 4 aromatic rings. The Morgan fingerprint density at radius 2 is 1.64 bits per heavy atom. The molecule has 2 aromatic heterocycles.